The standard InChI is InChI=1S/C22H23F2N3O3S/c1-3-27-18-6-4-5-7-19(18)31-12-17(22(27)30)26-21(29)13(2)25-20(28)10-14-8-15(23)11-16(24)9-14/h4-9,11,13,17H,3,10,12H2,1-2H3,(H,25,28)(H,26,29)/t13-,17?/m0/s1. The first-order valence-electron chi connectivity index (χ1n) is 9.86. The van der Waals surface area contributed by atoms with Gasteiger partial charge >= 0.3 is 0 Å². The van der Waals surface area contributed by atoms with Crippen molar-refractivity contribution in [3.8, 4) is 0 Å². The molecule has 2 aromatic carbocycles. The molecule has 1 aliphatic heterocycles. The number of likely N-dealkylation sites (N-methyl/N-ethyl adjacent to an activating group) is 1. The normalized spacial score (nSPS) is 16.8. The molecule has 2 atom stereocenters. The van der Waals surface area contributed by atoms with E-state index in [9.17, 15) is 23.2 Å². The van der Waals surface area contributed by atoms with E-state index in [1.807, 2.05) is 31.2 Å². The van der Waals surface area contributed by atoms with Gasteiger partial charge in [0.15, 0.2) is 0 Å². The van der Waals surface area contributed by atoms with Crippen molar-refractivity contribution in [3.05, 3.63) is 59.7 Å². The fourth-order valence-corrected chi connectivity index (χ4v) is 4.41. The minimum Gasteiger partial charge on any atom is -0.344 e. The van der Waals surface area contributed by atoms with Crippen molar-refractivity contribution < 1.29 is 23.2 Å². The van der Waals surface area contributed by atoms with Gasteiger partial charge in [-0.3, -0.25) is 14.4 Å². The quantitative estimate of drug-likeness (QED) is 0.714. The van der Waals surface area contributed by atoms with Crippen molar-refractivity contribution in [1.29, 1.82) is 0 Å². The van der Waals surface area contributed by atoms with Gasteiger partial charge in [0.1, 0.15) is 23.7 Å². The van der Waals surface area contributed by atoms with Crippen LogP contribution in [-0.4, -0.2) is 42.1 Å². The Balaban J connectivity index is 1.61. The summed E-state index contributed by atoms with van der Waals surface area (Å²) in [5, 5.41) is 5.21. The van der Waals surface area contributed by atoms with Crippen LogP contribution in [0.25, 0.3) is 0 Å². The maximum absolute atomic E-state index is 13.3. The Bertz CT molecular complexity index is 981. The van der Waals surface area contributed by atoms with Gasteiger partial charge in [-0.05, 0) is 43.7 Å². The molecule has 164 valence electrons. The van der Waals surface area contributed by atoms with E-state index < -0.39 is 35.5 Å². The molecule has 0 radical (unpaired) electrons. The largest absolute Gasteiger partial charge is 0.344 e. The maximum atomic E-state index is 13.3. The molecule has 0 saturated heterocycles. The third-order valence-electron chi connectivity index (χ3n) is 4.82. The predicted octanol–water partition coefficient (Wildman–Crippen LogP) is 2.66. The average Bonchev–Trinajstić information content (AvgIpc) is 2.83. The highest BCUT2D eigenvalue weighted by Gasteiger charge is 2.32. The Hall–Kier alpha value is -2.94. The van der Waals surface area contributed by atoms with E-state index in [0.29, 0.717) is 12.3 Å². The van der Waals surface area contributed by atoms with Crippen LogP contribution in [0, 0.1) is 11.6 Å². The van der Waals surface area contributed by atoms with E-state index in [1.165, 1.54) is 18.7 Å². The molecule has 0 aliphatic carbocycles. The van der Waals surface area contributed by atoms with E-state index in [1.54, 1.807) is 4.90 Å². The number of carbonyl (C=O) groups is 3. The maximum Gasteiger partial charge on any atom is 0.250 e. The molecule has 0 saturated carbocycles. The van der Waals surface area contributed by atoms with Gasteiger partial charge in [-0.2, -0.15) is 0 Å². The summed E-state index contributed by atoms with van der Waals surface area (Å²) < 4.78 is 26.6. The van der Waals surface area contributed by atoms with Gasteiger partial charge in [-0.15, -0.1) is 11.8 Å². The van der Waals surface area contributed by atoms with Crippen molar-refractivity contribution in [3.63, 3.8) is 0 Å². The summed E-state index contributed by atoms with van der Waals surface area (Å²) in [6, 6.07) is 8.71. The van der Waals surface area contributed by atoms with Crippen LogP contribution in [0.1, 0.15) is 19.4 Å². The van der Waals surface area contributed by atoms with Crippen LogP contribution in [-0.2, 0) is 20.8 Å². The minimum atomic E-state index is -0.926. The number of anilines is 1. The first kappa shape index (κ1) is 22.7. The van der Waals surface area contributed by atoms with Gasteiger partial charge in [0, 0.05) is 23.3 Å². The molecule has 1 unspecified atom stereocenters. The number of para-hydroxylation sites is 1. The van der Waals surface area contributed by atoms with Crippen molar-refractivity contribution >= 4 is 35.2 Å². The van der Waals surface area contributed by atoms with Gasteiger partial charge in [0.05, 0.1) is 12.1 Å². The van der Waals surface area contributed by atoms with E-state index in [-0.39, 0.29) is 17.9 Å². The van der Waals surface area contributed by atoms with Crippen molar-refractivity contribution in [2.75, 3.05) is 17.2 Å². The topological polar surface area (TPSA) is 78.5 Å². The van der Waals surface area contributed by atoms with Gasteiger partial charge in [0.25, 0.3) is 0 Å². The van der Waals surface area contributed by atoms with E-state index >= 15 is 0 Å². The Morgan fingerprint density at radius 3 is 2.55 bits per heavy atom. The average molecular weight is 448 g/mol. The second kappa shape index (κ2) is 9.91. The molecule has 0 fully saturated rings. The van der Waals surface area contributed by atoms with Crippen LogP contribution in [0.4, 0.5) is 14.5 Å². The Morgan fingerprint density at radius 2 is 1.87 bits per heavy atom. The minimum absolute atomic E-state index is 0.161. The second-order valence-corrected chi connectivity index (χ2v) is 8.23. The number of benzene rings is 2. The number of nitrogens with zero attached hydrogens (tertiary/aromatic N) is 1. The molecule has 1 heterocycles. The lowest BCUT2D eigenvalue weighted by atomic mass is 10.1. The fraction of sp³-hybridized carbons (Fsp3) is 0.318. The Morgan fingerprint density at radius 1 is 1.19 bits per heavy atom. The number of nitrogens with one attached hydrogen (secondary N) is 2. The van der Waals surface area contributed by atoms with Crippen molar-refractivity contribution in [2.24, 2.45) is 0 Å². The summed E-state index contributed by atoms with van der Waals surface area (Å²) in [6.45, 7) is 3.81. The van der Waals surface area contributed by atoms with Gasteiger partial charge < -0.3 is 15.5 Å². The number of hydrogen-bond donors (Lipinski definition) is 2. The van der Waals surface area contributed by atoms with Crippen LogP contribution in [0.15, 0.2) is 47.4 Å². The lowest BCUT2D eigenvalue weighted by Crippen LogP contribution is -2.54. The number of carbonyl (C=O) groups excluding carboxylic acids is 3. The monoisotopic (exact) mass is 447 g/mol. The number of thioether (sulfide) groups is 1. The second-order valence-electron chi connectivity index (χ2n) is 7.17. The number of fused-ring (bicyclic) bond motifs is 1. The fourth-order valence-electron chi connectivity index (χ4n) is 3.34. The summed E-state index contributed by atoms with van der Waals surface area (Å²) in [5.74, 6) is -2.49. The zero-order valence-electron chi connectivity index (χ0n) is 17.2. The highest BCUT2D eigenvalue weighted by Crippen LogP contribution is 2.34. The zero-order chi connectivity index (χ0) is 22.5. The third kappa shape index (κ3) is 5.61. The molecule has 2 N–H and O–H groups in total. The smallest absolute Gasteiger partial charge is 0.250 e. The first-order chi connectivity index (χ1) is 14.8. The zero-order valence-corrected chi connectivity index (χ0v) is 18.0. The SMILES string of the molecule is CCN1C(=O)C(NC(=O)[C@H](C)NC(=O)Cc2cc(F)cc(F)c2)CSc2ccccc21. The molecule has 6 nitrogen and oxygen atoms in total. The summed E-state index contributed by atoms with van der Waals surface area (Å²) >= 11 is 1.48. The van der Waals surface area contributed by atoms with Crippen LogP contribution in [0.2, 0.25) is 0 Å². The predicted molar refractivity (Wildman–Crippen MR) is 115 cm³/mol. The molecule has 3 rings (SSSR count). The first-order valence-corrected chi connectivity index (χ1v) is 10.8. The van der Waals surface area contributed by atoms with Crippen LogP contribution >= 0.6 is 11.8 Å². The molecule has 0 bridgehead atoms. The van der Waals surface area contributed by atoms with Crippen LogP contribution in [0.3, 0.4) is 0 Å². The molecule has 3 amide bonds. The van der Waals surface area contributed by atoms with Crippen molar-refractivity contribution in [2.45, 2.75) is 37.2 Å². The van der Waals surface area contributed by atoms with Gasteiger partial charge in [-0.1, -0.05) is 12.1 Å². The molecule has 31 heavy (non-hydrogen) atoms. The third-order valence-corrected chi connectivity index (χ3v) is 5.97. The molecule has 2 aromatic rings. The molecular formula is C22H23F2N3O3S. The van der Waals surface area contributed by atoms with E-state index in [0.717, 1.165) is 28.8 Å². The van der Waals surface area contributed by atoms with Crippen molar-refractivity contribution in [1.82, 2.24) is 10.6 Å². The molecule has 9 heteroatoms. The molecule has 0 aromatic heterocycles. The summed E-state index contributed by atoms with van der Waals surface area (Å²) in [5.41, 5.74) is 0.967. The number of halogens is 2. The lowest BCUT2D eigenvalue weighted by Gasteiger charge is -2.25. The number of hydrogen-bond acceptors (Lipinski definition) is 4. The number of rotatable bonds is 6. The Kier molecular flexibility index (Phi) is 7.27. The Labute approximate surface area is 183 Å². The van der Waals surface area contributed by atoms with E-state index in [2.05, 4.69) is 10.6 Å². The van der Waals surface area contributed by atoms with E-state index in [4.69, 9.17) is 0 Å². The van der Waals surface area contributed by atoms with Gasteiger partial charge in [-0.25, -0.2) is 8.78 Å². The lowest BCUT2D eigenvalue weighted by molar-refractivity contribution is -0.130. The van der Waals surface area contributed by atoms with Crippen LogP contribution in [0.5, 0.6) is 0 Å². The molecule has 0 spiro atoms. The number of amides is 3. The highest BCUT2D eigenvalue weighted by molar-refractivity contribution is 7.99. The van der Waals surface area contributed by atoms with Crippen LogP contribution < -0.4 is 15.5 Å². The molecular weight excluding hydrogens is 424 g/mol. The molecule has 1 aliphatic rings. The summed E-state index contributed by atoms with van der Waals surface area (Å²) in [4.78, 5) is 40.3. The summed E-state index contributed by atoms with van der Waals surface area (Å²) in [7, 11) is 0. The summed E-state index contributed by atoms with van der Waals surface area (Å²) in [6.07, 6.45) is -0.274. The van der Waals surface area contributed by atoms with Gasteiger partial charge in [0.2, 0.25) is 17.7 Å². The highest BCUT2D eigenvalue weighted by atomic mass is 32.2.